The van der Waals surface area contributed by atoms with Crippen molar-refractivity contribution in [1.29, 1.82) is 0 Å². The molecule has 34 heavy (non-hydrogen) atoms. The number of allylic oxidation sites excluding steroid dienone is 2. The molecule has 2 bridgehead atoms. The fourth-order valence-corrected chi connectivity index (χ4v) is 6.92. The Morgan fingerprint density at radius 1 is 1.00 bits per heavy atom. The molecule has 0 aromatic heterocycles. The van der Waals surface area contributed by atoms with Crippen LogP contribution in [-0.2, 0) is 16.0 Å². The Morgan fingerprint density at radius 2 is 1.65 bits per heavy atom. The highest BCUT2D eigenvalue weighted by atomic mass is 35.5. The second-order valence-corrected chi connectivity index (χ2v) is 10.6. The first kappa shape index (κ1) is 21.9. The second kappa shape index (κ2) is 7.96. The van der Waals surface area contributed by atoms with Crippen molar-refractivity contribution >= 4 is 46.6 Å². The molecule has 0 spiro atoms. The summed E-state index contributed by atoms with van der Waals surface area (Å²) in [5.74, 6) is 0.0362. The smallest absolute Gasteiger partial charge is 0.261 e. The lowest BCUT2D eigenvalue weighted by Crippen LogP contribution is -2.45. The van der Waals surface area contributed by atoms with E-state index < -0.39 is 0 Å². The van der Waals surface area contributed by atoms with E-state index in [0.29, 0.717) is 29.0 Å². The predicted octanol–water partition coefficient (Wildman–Crippen LogP) is 5.21. The average Bonchev–Trinajstić information content (AvgIpc) is 3.62. The number of amides is 3. The van der Waals surface area contributed by atoms with Gasteiger partial charge in [-0.1, -0.05) is 60.5 Å². The van der Waals surface area contributed by atoms with Crippen molar-refractivity contribution in [3.63, 3.8) is 0 Å². The van der Waals surface area contributed by atoms with E-state index in [2.05, 4.69) is 12.2 Å². The third-order valence-electron chi connectivity index (χ3n) is 8.11. The molecular formula is C27H24Cl2N2O3. The molecule has 1 heterocycles. The molecule has 0 N–H and O–H groups in total. The lowest BCUT2D eigenvalue weighted by Gasteiger charge is -2.37. The van der Waals surface area contributed by atoms with Crippen molar-refractivity contribution in [2.45, 2.75) is 19.8 Å². The summed E-state index contributed by atoms with van der Waals surface area (Å²) in [5, 5.41) is 0.657. The third kappa shape index (κ3) is 3.17. The van der Waals surface area contributed by atoms with Crippen molar-refractivity contribution in [3.8, 4) is 0 Å². The summed E-state index contributed by atoms with van der Waals surface area (Å²) in [6, 6.07) is 12.3. The number of anilines is 1. The first-order chi connectivity index (χ1) is 16.4. The van der Waals surface area contributed by atoms with Crippen LogP contribution in [0.25, 0.3) is 0 Å². The highest BCUT2D eigenvalue weighted by molar-refractivity contribution is 6.37. The van der Waals surface area contributed by atoms with Crippen LogP contribution in [0.1, 0.15) is 29.3 Å². The van der Waals surface area contributed by atoms with Crippen molar-refractivity contribution in [2.24, 2.45) is 35.5 Å². The number of nitrogens with zero attached hydrogens (tertiary/aromatic N) is 2. The molecule has 4 aliphatic carbocycles. The zero-order chi connectivity index (χ0) is 23.7. The van der Waals surface area contributed by atoms with Gasteiger partial charge in [-0.15, -0.1) is 0 Å². The highest BCUT2D eigenvalue weighted by Gasteiger charge is 2.67. The summed E-state index contributed by atoms with van der Waals surface area (Å²) in [7, 11) is 0. The number of benzene rings is 2. The summed E-state index contributed by atoms with van der Waals surface area (Å²) in [4.78, 5) is 43.8. The Hall–Kier alpha value is -2.63. The molecule has 0 radical (unpaired) electrons. The lowest BCUT2D eigenvalue weighted by molar-refractivity contribution is -0.140. The third-order valence-corrected chi connectivity index (χ3v) is 8.65. The maximum atomic E-state index is 13.8. The normalized spacial score (nSPS) is 30.4. The maximum Gasteiger partial charge on any atom is 0.261 e. The number of hydrogen-bond acceptors (Lipinski definition) is 3. The lowest BCUT2D eigenvalue weighted by atomic mass is 9.63. The first-order valence-corrected chi connectivity index (χ1v) is 12.5. The largest absolute Gasteiger partial charge is 0.289 e. The summed E-state index contributed by atoms with van der Waals surface area (Å²) in [6.07, 6.45) is 6.10. The van der Waals surface area contributed by atoms with Gasteiger partial charge in [-0.2, -0.15) is 0 Å². The van der Waals surface area contributed by atoms with Crippen LogP contribution < -0.4 is 4.90 Å². The quantitative estimate of drug-likeness (QED) is 0.423. The minimum absolute atomic E-state index is 0.131. The van der Waals surface area contributed by atoms with Gasteiger partial charge in [-0.3, -0.25) is 24.2 Å². The molecule has 7 heteroatoms. The van der Waals surface area contributed by atoms with Crippen LogP contribution in [0.15, 0.2) is 54.6 Å². The fraction of sp³-hybridized carbons (Fsp3) is 0.370. The van der Waals surface area contributed by atoms with E-state index in [0.717, 1.165) is 12.0 Å². The van der Waals surface area contributed by atoms with Gasteiger partial charge in [0.1, 0.15) is 6.67 Å². The number of halogens is 2. The van der Waals surface area contributed by atoms with Gasteiger partial charge in [0.25, 0.3) is 5.91 Å². The monoisotopic (exact) mass is 494 g/mol. The minimum atomic E-state index is -0.373. The number of carbonyl (C=O) groups is 3. The molecule has 7 rings (SSSR count). The number of carbonyl (C=O) groups excluding carboxylic acids is 3. The van der Waals surface area contributed by atoms with Crippen LogP contribution >= 0.6 is 23.2 Å². The molecule has 6 unspecified atom stereocenters. The summed E-state index contributed by atoms with van der Waals surface area (Å²) < 4.78 is 0. The van der Waals surface area contributed by atoms with Crippen molar-refractivity contribution in [1.82, 2.24) is 4.90 Å². The van der Waals surface area contributed by atoms with Gasteiger partial charge in [0.2, 0.25) is 11.8 Å². The molecule has 2 aromatic rings. The Bertz CT molecular complexity index is 1220. The molecule has 3 fully saturated rings. The standard InChI is InChI=1S/C27H24Cl2N2O3/c1-2-14-5-3-4-6-22(14)30(25(32)18-8-7-15(28)11-21(18)29)13-31-26(33)23-16-9-10-17(20-12-19(16)20)24(23)27(31)34/h3-11,16-17,19-20,23-24H,2,12-13H2,1H3. The number of imide groups is 1. The van der Waals surface area contributed by atoms with Gasteiger partial charge in [0.05, 0.1) is 22.4 Å². The zero-order valence-electron chi connectivity index (χ0n) is 18.7. The van der Waals surface area contributed by atoms with E-state index in [9.17, 15) is 14.4 Å². The van der Waals surface area contributed by atoms with Gasteiger partial charge in [0, 0.05) is 10.7 Å². The van der Waals surface area contributed by atoms with E-state index in [1.165, 1.54) is 15.9 Å². The van der Waals surface area contributed by atoms with E-state index in [-0.39, 0.29) is 58.6 Å². The van der Waals surface area contributed by atoms with Crippen molar-refractivity contribution in [2.75, 3.05) is 11.6 Å². The molecule has 2 aromatic carbocycles. The average molecular weight is 495 g/mol. The van der Waals surface area contributed by atoms with Crippen LogP contribution in [-0.4, -0.2) is 29.3 Å². The highest BCUT2D eigenvalue weighted by Crippen LogP contribution is 2.65. The fourth-order valence-electron chi connectivity index (χ4n) is 6.43. The molecule has 1 aliphatic heterocycles. The van der Waals surface area contributed by atoms with Crippen LogP contribution in [0.2, 0.25) is 10.0 Å². The van der Waals surface area contributed by atoms with Gasteiger partial charge in [-0.05, 0) is 66.3 Å². The molecule has 3 amide bonds. The number of likely N-dealkylation sites (tertiary alicyclic amines) is 1. The SMILES string of the molecule is CCc1ccccc1N(CN1C(=O)C2C3C=CC(C4CC34)C2C1=O)C(=O)c1ccc(Cl)cc1Cl. The molecule has 5 aliphatic rings. The van der Waals surface area contributed by atoms with E-state index in [1.807, 2.05) is 31.2 Å². The van der Waals surface area contributed by atoms with E-state index >= 15 is 0 Å². The molecule has 5 nitrogen and oxygen atoms in total. The molecule has 1 saturated heterocycles. The van der Waals surface area contributed by atoms with Crippen molar-refractivity contribution in [3.05, 3.63) is 75.8 Å². The minimum Gasteiger partial charge on any atom is -0.289 e. The zero-order valence-corrected chi connectivity index (χ0v) is 20.2. The summed E-state index contributed by atoms with van der Waals surface area (Å²) in [5.41, 5.74) is 1.89. The Balaban J connectivity index is 1.38. The van der Waals surface area contributed by atoms with Gasteiger partial charge >= 0.3 is 0 Å². The Labute approximate surface area is 208 Å². The molecular weight excluding hydrogens is 471 g/mol. The molecule has 2 saturated carbocycles. The van der Waals surface area contributed by atoms with Crippen molar-refractivity contribution < 1.29 is 14.4 Å². The predicted molar refractivity (Wildman–Crippen MR) is 131 cm³/mol. The number of para-hydroxylation sites is 1. The number of hydrogen-bond donors (Lipinski definition) is 0. The molecule has 174 valence electrons. The van der Waals surface area contributed by atoms with E-state index in [4.69, 9.17) is 23.2 Å². The Morgan fingerprint density at radius 3 is 2.26 bits per heavy atom. The van der Waals surface area contributed by atoms with Crippen LogP contribution in [0, 0.1) is 35.5 Å². The van der Waals surface area contributed by atoms with Crippen LogP contribution in [0.5, 0.6) is 0 Å². The Kier molecular flexibility index (Phi) is 5.12. The van der Waals surface area contributed by atoms with Gasteiger partial charge < -0.3 is 0 Å². The second-order valence-electron chi connectivity index (χ2n) is 9.74. The van der Waals surface area contributed by atoms with E-state index in [1.54, 1.807) is 12.1 Å². The number of rotatable bonds is 5. The summed E-state index contributed by atoms with van der Waals surface area (Å²) >= 11 is 12.4. The van der Waals surface area contributed by atoms with Crippen LogP contribution in [0.3, 0.4) is 0 Å². The van der Waals surface area contributed by atoms with Crippen LogP contribution in [0.4, 0.5) is 5.69 Å². The molecule has 6 atom stereocenters. The summed E-state index contributed by atoms with van der Waals surface area (Å²) in [6.45, 7) is 1.88. The van der Waals surface area contributed by atoms with Gasteiger partial charge in [-0.25, -0.2) is 0 Å². The topological polar surface area (TPSA) is 57.7 Å². The maximum absolute atomic E-state index is 13.8. The first-order valence-electron chi connectivity index (χ1n) is 11.8. The van der Waals surface area contributed by atoms with Gasteiger partial charge in [0.15, 0.2) is 0 Å². The number of aryl methyl sites for hydroxylation is 1.